The Labute approximate surface area is 130 Å². The Kier molecular flexibility index (Phi) is 3.42. The fourth-order valence-electron chi connectivity index (χ4n) is 2.90. The number of aromatic nitrogens is 4. The van der Waals surface area contributed by atoms with Crippen LogP contribution in [0, 0.1) is 11.6 Å². The van der Waals surface area contributed by atoms with Crippen LogP contribution in [0.25, 0.3) is 22.5 Å². The lowest BCUT2D eigenvalue weighted by Gasteiger charge is -2.14. The van der Waals surface area contributed by atoms with E-state index in [9.17, 15) is 8.78 Å². The molecule has 1 aliphatic rings. The van der Waals surface area contributed by atoms with Crippen LogP contribution in [0.1, 0.15) is 12.5 Å². The Morgan fingerprint density at radius 3 is 2.83 bits per heavy atom. The molecule has 118 valence electrons. The molecule has 0 bridgehead atoms. The van der Waals surface area contributed by atoms with E-state index >= 15 is 0 Å². The van der Waals surface area contributed by atoms with Gasteiger partial charge >= 0.3 is 0 Å². The van der Waals surface area contributed by atoms with E-state index in [1.54, 1.807) is 18.7 Å². The zero-order valence-electron chi connectivity index (χ0n) is 12.2. The van der Waals surface area contributed by atoms with Crippen molar-refractivity contribution in [3.8, 4) is 22.5 Å². The number of hydrogen-bond acceptors (Lipinski definition) is 3. The van der Waals surface area contributed by atoms with E-state index in [0.717, 1.165) is 29.8 Å². The molecule has 0 aliphatic carbocycles. The molecular formula is C16H14F2N4O. The zero-order valence-corrected chi connectivity index (χ0v) is 12.2. The average Bonchev–Trinajstić information content (AvgIpc) is 3.30. The second kappa shape index (κ2) is 5.58. The number of rotatable bonds is 3. The molecule has 0 amide bonds. The molecule has 1 unspecified atom stereocenters. The van der Waals surface area contributed by atoms with Gasteiger partial charge in [0.05, 0.1) is 36.6 Å². The van der Waals surface area contributed by atoms with E-state index in [0.29, 0.717) is 24.5 Å². The van der Waals surface area contributed by atoms with E-state index in [2.05, 4.69) is 15.2 Å². The van der Waals surface area contributed by atoms with Gasteiger partial charge in [-0.1, -0.05) is 0 Å². The maximum atomic E-state index is 13.6. The normalized spacial score (nSPS) is 17.7. The predicted octanol–water partition coefficient (Wildman–Crippen LogP) is 3.18. The summed E-state index contributed by atoms with van der Waals surface area (Å²) < 4.78 is 34.3. The summed E-state index contributed by atoms with van der Waals surface area (Å²) >= 11 is 0. The first-order chi connectivity index (χ1) is 11.2. The molecule has 3 heterocycles. The first-order valence-corrected chi connectivity index (χ1v) is 7.33. The average molecular weight is 316 g/mol. The Balaban J connectivity index is 1.87. The largest absolute Gasteiger partial charge is 0.379 e. The number of nitrogens with one attached hydrogen (secondary N) is 1. The molecule has 1 fully saturated rings. The molecule has 1 aromatic carbocycles. The van der Waals surface area contributed by atoms with Crippen molar-refractivity contribution in [1.29, 1.82) is 0 Å². The Bertz CT molecular complexity index is 823. The molecule has 7 heteroatoms. The molecule has 1 saturated heterocycles. The summed E-state index contributed by atoms with van der Waals surface area (Å²) in [7, 11) is 0. The van der Waals surface area contributed by atoms with Crippen LogP contribution in [0.3, 0.4) is 0 Å². The van der Waals surface area contributed by atoms with Crippen molar-refractivity contribution in [3.05, 3.63) is 48.6 Å². The highest BCUT2D eigenvalue weighted by Crippen LogP contribution is 2.35. The molecule has 0 spiro atoms. The van der Waals surface area contributed by atoms with E-state index < -0.39 is 11.6 Å². The highest BCUT2D eigenvalue weighted by molar-refractivity contribution is 5.78. The van der Waals surface area contributed by atoms with Gasteiger partial charge in [0.25, 0.3) is 0 Å². The highest BCUT2D eigenvalue weighted by Gasteiger charge is 2.24. The molecule has 1 N–H and O–H groups in total. The number of aromatic amines is 1. The summed E-state index contributed by atoms with van der Waals surface area (Å²) in [6, 6.07) is 3.98. The summed E-state index contributed by atoms with van der Waals surface area (Å²) in [6.45, 7) is 1.31. The summed E-state index contributed by atoms with van der Waals surface area (Å²) in [5.74, 6) is -1.76. The van der Waals surface area contributed by atoms with Crippen LogP contribution in [0.2, 0.25) is 0 Å². The monoisotopic (exact) mass is 316 g/mol. The van der Waals surface area contributed by atoms with Crippen molar-refractivity contribution in [2.24, 2.45) is 0 Å². The van der Waals surface area contributed by atoms with E-state index in [-0.39, 0.29) is 6.04 Å². The van der Waals surface area contributed by atoms with E-state index in [1.165, 1.54) is 6.07 Å². The minimum atomic E-state index is -0.889. The summed E-state index contributed by atoms with van der Waals surface area (Å²) in [5, 5.41) is 6.76. The molecule has 4 rings (SSSR count). The van der Waals surface area contributed by atoms with Gasteiger partial charge in [-0.25, -0.2) is 13.8 Å². The third-order valence-corrected chi connectivity index (χ3v) is 4.06. The fraction of sp³-hybridized carbons (Fsp3) is 0.250. The van der Waals surface area contributed by atoms with Crippen LogP contribution in [-0.4, -0.2) is 33.0 Å². The first-order valence-electron chi connectivity index (χ1n) is 7.33. The molecule has 3 aromatic rings. The van der Waals surface area contributed by atoms with E-state index in [1.807, 2.05) is 4.57 Å². The van der Waals surface area contributed by atoms with Gasteiger partial charge in [-0.3, -0.25) is 5.10 Å². The molecule has 0 radical (unpaired) electrons. The van der Waals surface area contributed by atoms with Gasteiger partial charge in [-0.2, -0.15) is 5.10 Å². The van der Waals surface area contributed by atoms with Gasteiger partial charge < -0.3 is 9.30 Å². The van der Waals surface area contributed by atoms with Gasteiger partial charge in [-0.15, -0.1) is 0 Å². The number of hydrogen-bond donors (Lipinski definition) is 1. The number of H-pyrrole nitrogens is 1. The summed E-state index contributed by atoms with van der Waals surface area (Å²) in [5.41, 5.74) is 2.78. The Morgan fingerprint density at radius 1 is 1.22 bits per heavy atom. The van der Waals surface area contributed by atoms with Crippen LogP contribution in [-0.2, 0) is 4.74 Å². The standard InChI is InChI=1S/C16H14F2N4O/c17-13-2-1-10(5-14(13)18)15-16(11-6-20-21-7-11)22(9-19-15)12-3-4-23-8-12/h1-2,5-7,9,12H,3-4,8H2,(H,20,21). The molecular weight excluding hydrogens is 302 g/mol. The lowest BCUT2D eigenvalue weighted by molar-refractivity contribution is 0.187. The second-order valence-corrected chi connectivity index (χ2v) is 5.48. The van der Waals surface area contributed by atoms with Gasteiger partial charge in [0.15, 0.2) is 11.6 Å². The van der Waals surface area contributed by atoms with Crippen LogP contribution < -0.4 is 0 Å². The molecule has 5 nitrogen and oxygen atoms in total. The van der Waals surface area contributed by atoms with Gasteiger partial charge in [0.2, 0.25) is 0 Å². The lowest BCUT2D eigenvalue weighted by atomic mass is 10.1. The minimum absolute atomic E-state index is 0.173. The van der Waals surface area contributed by atoms with Gasteiger partial charge in [-0.05, 0) is 24.6 Å². The number of benzene rings is 1. The summed E-state index contributed by atoms with van der Waals surface area (Å²) in [4.78, 5) is 4.43. The van der Waals surface area contributed by atoms with E-state index in [4.69, 9.17) is 4.74 Å². The van der Waals surface area contributed by atoms with Crippen molar-refractivity contribution in [2.75, 3.05) is 13.2 Å². The SMILES string of the molecule is Fc1ccc(-c2ncn(C3CCOC3)c2-c2cn[nH]c2)cc1F. The van der Waals surface area contributed by atoms with Crippen LogP contribution in [0.4, 0.5) is 8.78 Å². The zero-order chi connectivity index (χ0) is 15.8. The quantitative estimate of drug-likeness (QED) is 0.807. The maximum Gasteiger partial charge on any atom is 0.159 e. The fourth-order valence-corrected chi connectivity index (χ4v) is 2.90. The smallest absolute Gasteiger partial charge is 0.159 e. The minimum Gasteiger partial charge on any atom is -0.379 e. The third kappa shape index (κ3) is 2.43. The Morgan fingerprint density at radius 2 is 2.13 bits per heavy atom. The van der Waals surface area contributed by atoms with Crippen LogP contribution in [0.15, 0.2) is 36.9 Å². The number of ether oxygens (including phenoxy) is 1. The van der Waals surface area contributed by atoms with Crippen LogP contribution in [0.5, 0.6) is 0 Å². The second-order valence-electron chi connectivity index (χ2n) is 5.48. The van der Waals surface area contributed by atoms with Crippen molar-refractivity contribution in [2.45, 2.75) is 12.5 Å². The van der Waals surface area contributed by atoms with Crippen LogP contribution >= 0.6 is 0 Å². The molecule has 1 atom stereocenters. The molecule has 2 aromatic heterocycles. The van der Waals surface area contributed by atoms with Crippen molar-refractivity contribution in [1.82, 2.24) is 19.7 Å². The predicted molar refractivity (Wildman–Crippen MR) is 79.6 cm³/mol. The number of nitrogens with zero attached hydrogens (tertiary/aromatic N) is 3. The Hall–Kier alpha value is -2.54. The summed E-state index contributed by atoms with van der Waals surface area (Å²) in [6.07, 6.45) is 6.05. The number of imidazole rings is 1. The van der Waals surface area contributed by atoms with Crippen molar-refractivity contribution < 1.29 is 13.5 Å². The third-order valence-electron chi connectivity index (χ3n) is 4.06. The highest BCUT2D eigenvalue weighted by atomic mass is 19.2. The molecule has 0 saturated carbocycles. The van der Waals surface area contributed by atoms with Gasteiger partial charge in [0.1, 0.15) is 0 Å². The maximum absolute atomic E-state index is 13.6. The van der Waals surface area contributed by atoms with Crippen molar-refractivity contribution >= 4 is 0 Å². The van der Waals surface area contributed by atoms with Crippen molar-refractivity contribution in [3.63, 3.8) is 0 Å². The molecule has 1 aliphatic heterocycles. The molecule has 23 heavy (non-hydrogen) atoms. The topological polar surface area (TPSA) is 55.7 Å². The van der Waals surface area contributed by atoms with Gasteiger partial charge in [0, 0.05) is 23.9 Å². The first kappa shape index (κ1) is 14.1. The lowest BCUT2D eigenvalue weighted by Crippen LogP contribution is -2.08. The number of halogens is 2.